The zero-order valence-electron chi connectivity index (χ0n) is 9.69. The number of benzene rings is 1. The van der Waals surface area contributed by atoms with E-state index >= 15 is 0 Å². The lowest BCUT2D eigenvalue weighted by Crippen LogP contribution is -2.21. The summed E-state index contributed by atoms with van der Waals surface area (Å²) in [5, 5.41) is 13.5. The first kappa shape index (κ1) is 10.4. The average molecular weight is 225 g/mol. The van der Waals surface area contributed by atoms with E-state index < -0.39 is 0 Å². The van der Waals surface area contributed by atoms with Crippen LogP contribution in [-0.2, 0) is 6.54 Å². The molecular weight excluding hydrogens is 210 g/mol. The van der Waals surface area contributed by atoms with Crippen LogP contribution >= 0.6 is 0 Å². The van der Waals surface area contributed by atoms with Crippen LogP contribution in [0.15, 0.2) is 30.5 Å². The lowest BCUT2D eigenvalue weighted by Gasteiger charge is -2.06. The van der Waals surface area contributed by atoms with Gasteiger partial charge in [-0.2, -0.15) is 5.26 Å². The molecule has 3 rings (SSSR count). The van der Waals surface area contributed by atoms with E-state index in [2.05, 4.69) is 28.2 Å². The minimum Gasteiger partial charge on any atom is -0.346 e. The molecule has 1 heterocycles. The van der Waals surface area contributed by atoms with E-state index in [1.807, 2.05) is 18.2 Å². The van der Waals surface area contributed by atoms with Crippen molar-refractivity contribution in [3.63, 3.8) is 0 Å². The van der Waals surface area contributed by atoms with Gasteiger partial charge >= 0.3 is 0 Å². The highest BCUT2D eigenvalue weighted by molar-refractivity contribution is 5.81. The van der Waals surface area contributed by atoms with E-state index in [-0.39, 0.29) is 0 Å². The number of hydrogen-bond acceptors (Lipinski definition) is 2. The number of rotatable bonds is 4. The third-order valence-corrected chi connectivity index (χ3v) is 3.26. The molecule has 0 unspecified atom stereocenters. The summed E-state index contributed by atoms with van der Waals surface area (Å²) in [6.07, 6.45) is 4.76. The molecule has 17 heavy (non-hydrogen) atoms. The fourth-order valence-corrected chi connectivity index (χ4v) is 2.14. The van der Waals surface area contributed by atoms with E-state index in [9.17, 15) is 0 Å². The van der Waals surface area contributed by atoms with Crippen LogP contribution in [0.1, 0.15) is 18.4 Å². The second-order valence-corrected chi connectivity index (χ2v) is 4.62. The lowest BCUT2D eigenvalue weighted by molar-refractivity contribution is 0.606. The molecule has 0 spiro atoms. The Labute approximate surface area is 101 Å². The molecule has 1 N–H and O–H groups in total. The second kappa shape index (κ2) is 4.23. The van der Waals surface area contributed by atoms with Gasteiger partial charge in [-0.1, -0.05) is 0 Å². The van der Waals surface area contributed by atoms with Crippen molar-refractivity contribution in [1.82, 2.24) is 9.88 Å². The molecule has 1 aromatic heterocycles. The van der Waals surface area contributed by atoms with Crippen molar-refractivity contribution in [2.75, 3.05) is 6.54 Å². The molecule has 2 aromatic rings. The monoisotopic (exact) mass is 225 g/mol. The molecule has 0 amide bonds. The van der Waals surface area contributed by atoms with Crippen LogP contribution in [0.4, 0.5) is 0 Å². The van der Waals surface area contributed by atoms with Crippen molar-refractivity contribution in [1.29, 1.82) is 5.26 Å². The molecule has 0 bridgehead atoms. The topological polar surface area (TPSA) is 40.8 Å². The Bertz CT molecular complexity index is 573. The third kappa shape index (κ3) is 2.17. The number of nitrogens with zero attached hydrogens (tertiary/aromatic N) is 2. The summed E-state index contributed by atoms with van der Waals surface area (Å²) in [5.41, 5.74) is 1.94. The van der Waals surface area contributed by atoms with Crippen molar-refractivity contribution in [3.05, 3.63) is 36.0 Å². The van der Waals surface area contributed by atoms with Crippen molar-refractivity contribution < 1.29 is 0 Å². The van der Waals surface area contributed by atoms with Crippen LogP contribution in [0.5, 0.6) is 0 Å². The zero-order chi connectivity index (χ0) is 11.7. The highest BCUT2D eigenvalue weighted by Crippen LogP contribution is 2.19. The molecule has 1 saturated carbocycles. The molecule has 1 fully saturated rings. The summed E-state index contributed by atoms with van der Waals surface area (Å²) in [5.74, 6) is 0. The molecule has 1 aliphatic rings. The molecule has 3 heteroatoms. The predicted octanol–water partition coefficient (Wildman–Crippen LogP) is 2.26. The molecule has 1 aromatic carbocycles. The zero-order valence-corrected chi connectivity index (χ0v) is 9.69. The summed E-state index contributed by atoms with van der Waals surface area (Å²) in [4.78, 5) is 0. The van der Waals surface area contributed by atoms with Gasteiger partial charge in [0.25, 0.3) is 0 Å². The predicted molar refractivity (Wildman–Crippen MR) is 67.7 cm³/mol. The summed E-state index contributed by atoms with van der Waals surface area (Å²) < 4.78 is 2.24. The molecule has 0 radical (unpaired) electrons. The largest absolute Gasteiger partial charge is 0.346 e. The van der Waals surface area contributed by atoms with Crippen molar-refractivity contribution >= 4 is 10.9 Å². The van der Waals surface area contributed by atoms with Crippen LogP contribution in [0, 0.1) is 11.3 Å². The van der Waals surface area contributed by atoms with Crippen LogP contribution in [-0.4, -0.2) is 17.2 Å². The fourth-order valence-electron chi connectivity index (χ4n) is 2.14. The van der Waals surface area contributed by atoms with Gasteiger partial charge in [0.2, 0.25) is 0 Å². The summed E-state index contributed by atoms with van der Waals surface area (Å²) in [7, 11) is 0. The Balaban J connectivity index is 1.77. The van der Waals surface area contributed by atoms with E-state index in [4.69, 9.17) is 5.26 Å². The number of nitriles is 1. The summed E-state index contributed by atoms with van der Waals surface area (Å²) in [6.45, 7) is 2.01. The Morgan fingerprint density at radius 1 is 1.35 bits per heavy atom. The van der Waals surface area contributed by atoms with Crippen molar-refractivity contribution in [2.24, 2.45) is 0 Å². The lowest BCUT2D eigenvalue weighted by atomic mass is 10.2. The highest BCUT2D eigenvalue weighted by atomic mass is 15.0. The molecule has 0 saturated heterocycles. The van der Waals surface area contributed by atoms with Crippen LogP contribution < -0.4 is 5.32 Å². The maximum absolute atomic E-state index is 8.85. The molecule has 1 aliphatic carbocycles. The minimum absolute atomic E-state index is 0.728. The van der Waals surface area contributed by atoms with Gasteiger partial charge < -0.3 is 9.88 Å². The van der Waals surface area contributed by atoms with E-state index in [1.165, 1.54) is 18.4 Å². The molecule has 86 valence electrons. The number of aromatic nitrogens is 1. The van der Waals surface area contributed by atoms with Gasteiger partial charge in [-0.05, 0) is 37.1 Å². The third-order valence-electron chi connectivity index (χ3n) is 3.26. The first-order valence-electron chi connectivity index (χ1n) is 6.09. The maximum atomic E-state index is 8.85. The molecule has 0 atom stereocenters. The smallest absolute Gasteiger partial charge is 0.0991 e. The van der Waals surface area contributed by atoms with Crippen molar-refractivity contribution in [3.8, 4) is 6.07 Å². The normalized spacial score (nSPS) is 15.0. The SMILES string of the molecule is N#Cc1ccc2c(ccn2CCNC2CC2)c1. The second-order valence-electron chi connectivity index (χ2n) is 4.62. The first-order chi connectivity index (χ1) is 8.36. The van der Waals surface area contributed by atoms with Gasteiger partial charge in [0.1, 0.15) is 0 Å². The fraction of sp³-hybridized carbons (Fsp3) is 0.357. The standard InChI is InChI=1S/C14H15N3/c15-10-11-1-4-14-12(9-11)5-7-17(14)8-6-16-13-2-3-13/h1,4-5,7,9,13,16H,2-3,6,8H2. The van der Waals surface area contributed by atoms with Gasteiger partial charge in [-0.15, -0.1) is 0 Å². The first-order valence-corrected chi connectivity index (χ1v) is 6.09. The molecule has 0 aliphatic heterocycles. The number of hydrogen-bond donors (Lipinski definition) is 1. The Morgan fingerprint density at radius 3 is 3.00 bits per heavy atom. The van der Waals surface area contributed by atoms with Gasteiger partial charge in [-0.3, -0.25) is 0 Å². The molecular formula is C14H15N3. The maximum Gasteiger partial charge on any atom is 0.0991 e. The van der Waals surface area contributed by atoms with E-state index in [0.717, 1.165) is 30.1 Å². The van der Waals surface area contributed by atoms with Gasteiger partial charge in [-0.25, -0.2) is 0 Å². The number of nitrogens with one attached hydrogen (secondary N) is 1. The Morgan fingerprint density at radius 2 is 2.24 bits per heavy atom. The van der Waals surface area contributed by atoms with Gasteiger partial charge in [0.05, 0.1) is 11.6 Å². The Hall–Kier alpha value is -1.79. The van der Waals surface area contributed by atoms with Crippen LogP contribution in [0.3, 0.4) is 0 Å². The highest BCUT2D eigenvalue weighted by Gasteiger charge is 2.19. The molecule has 3 nitrogen and oxygen atoms in total. The van der Waals surface area contributed by atoms with Crippen LogP contribution in [0.2, 0.25) is 0 Å². The number of fused-ring (bicyclic) bond motifs is 1. The van der Waals surface area contributed by atoms with Crippen LogP contribution in [0.25, 0.3) is 10.9 Å². The average Bonchev–Trinajstić information content (AvgIpc) is 3.10. The van der Waals surface area contributed by atoms with Crippen molar-refractivity contribution in [2.45, 2.75) is 25.4 Å². The van der Waals surface area contributed by atoms with Gasteiger partial charge in [0.15, 0.2) is 0 Å². The Kier molecular flexibility index (Phi) is 2.58. The van der Waals surface area contributed by atoms with E-state index in [0.29, 0.717) is 0 Å². The van der Waals surface area contributed by atoms with Gasteiger partial charge in [0, 0.05) is 36.2 Å². The van der Waals surface area contributed by atoms with E-state index in [1.54, 1.807) is 0 Å². The summed E-state index contributed by atoms with van der Waals surface area (Å²) >= 11 is 0. The summed E-state index contributed by atoms with van der Waals surface area (Å²) in [6, 6.07) is 10.9. The quantitative estimate of drug-likeness (QED) is 0.867. The minimum atomic E-state index is 0.728.